The number of rotatable bonds is 6. The van der Waals surface area contributed by atoms with Crippen LogP contribution >= 0.6 is 15.9 Å². The van der Waals surface area contributed by atoms with Gasteiger partial charge in [0.1, 0.15) is 6.54 Å². The van der Waals surface area contributed by atoms with E-state index in [2.05, 4.69) is 31.6 Å². The summed E-state index contributed by atoms with van der Waals surface area (Å²) in [4.78, 5) is 15.9. The fourth-order valence-corrected chi connectivity index (χ4v) is 2.42. The number of aliphatic imine (C=N–C) groups is 1. The van der Waals surface area contributed by atoms with Crippen LogP contribution in [0.15, 0.2) is 51.9 Å². The van der Waals surface area contributed by atoms with Crippen molar-refractivity contribution in [1.82, 2.24) is 0 Å². The van der Waals surface area contributed by atoms with Gasteiger partial charge in [0, 0.05) is 21.9 Å². The molecule has 1 amide bonds. The second kappa shape index (κ2) is 8.93. The summed E-state index contributed by atoms with van der Waals surface area (Å²) in [6, 6.07) is 12.5. The van der Waals surface area contributed by atoms with E-state index >= 15 is 0 Å². The van der Waals surface area contributed by atoms with E-state index in [9.17, 15) is 4.79 Å². The number of benzene rings is 2. The SMILES string of the molecule is COc1ccc(NC(N)=NCC(=O)Nc2cccc(Br)c2)cc1OC. The first-order chi connectivity index (χ1) is 12.0. The molecule has 2 rings (SSSR count). The lowest BCUT2D eigenvalue weighted by Gasteiger charge is -2.11. The van der Waals surface area contributed by atoms with Crippen molar-refractivity contribution in [3.63, 3.8) is 0 Å². The molecule has 0 aliphatic rings. The Hall–Kier alpha value is -2.74. The Labute approximate surface area is 154 Å². The summed E-state index contributed by atoms with van der Waals surface area (Å²) in [6.07, 6.45) is 0. The molecule has 0 spiro atoms. The van der Waals surface area contributed by atoms with E-state index in [0.717, 1.165) is 4.47 Å². The molecule has 2 aromatic rings. The largest absolute Gasteiger partial charge is 0.493 e. The molecule has 2 aromatic carbocycles. The lowest BCUT2D eigenvalue weighted by Crippen LogP contribution is -2.25. The molecule has 0 unspecified atom stereocenters. The standard InChI is InChI=1S/C17H19BrN4O3/c1-24-14-7-6-13(9-15(14)25-2)22-17(19)20-10-16(23)21-12-5-3-4-11(18)8-12/h3-9H,10H2,1-2H3,(H,21,23)(H3,19,20,22). The monoisotopic (exact) mass is 406 g/mol. The van der Waals surface area contributed by atoms with Crippen LogP contribution in [0.1, 0.15) is 0 Å². The van der Waals surface area contributed by atoms with E-state index in [4.69, 9.17) is 15.2 Å². The molecular weight excluding hydrogens is 388 g/mol. The summed E-state index contributed by atoms with van der Waals surface area (Å²) in [6.45, 7) is -0.0986. The molecular formula is C17H19BrN4O3. The summed E-state index contributed by atoms with van der Waals surface area (Å²) in [5, 5.41) is 5.64. The van der Waals surface area contributed by atoms with Crippen LogP contribution < -0.4 is 25.8 Å². The van der Waals surface area contributed by atoms with E-state index in [0.29, 0.717) is 22.9 Å². The molecule has 0 saturated carbocycles. The van der Waals surface area contributed by atoms with Gasteiger partial charge >= 0.3 is 0 Å². The van der Waals surface area contributed by atoms with Gasteiger partial charge in [-0.3, -0.25) is 4.79 Å². The van der Waals surface area contributed by atoms with Gasteiger partial charge in [0.15, 0.2) is 17.5 Å². The first-order valence-corrected chi connectivity index (χ1v) is 8.15. The maximum absolute atomic E-state index is 11.9. The minimum atomic E-state index is -0.268. The Morgan fingerprint density at radius 2 is 1.80 bits per heavy atom. The third kappa shape index (κ3) is 5.68. The molecule has 0 aliphatic carbocycles. The van der Waals surface area contributed by atoms with Gasteiger partial charge in [-0.15, -0.1) is 0 Å². The number of nitrogens with one attached hydrogen (secondary N) is 2. The average molecular weight is 407 g/mol. The molecule has 0 heterocycles. The zero-order chi connectivity index (χ0) is 18.2. The topological polar surface area (TPSA) is 98.0 Å². The van der Waals surface area contributed by atoms with Crippen molar-refractivity contribution in [2.45, 2.75) is 0 Å². The number of ether oxygens (including phenoxy) is 2. The van der Waals surface area contributed by atoms with E-state index in [-0.39, 0.29) is 18.4 Å². The summed E-state index contributed by atoms with van der Waals surface area (Å²) in [5.74, 6) is 1.02. The summed E-state index contributed by atoms with van der Waals surface area (Å²) < 4.78 is 11.3. The quantitative estimate of drug-likeness (QED) is 0.506. The van der Waals surface area contributed by atoms with Gasteiger partial charge in [0.25, 0.3) is 0 Å². The number of amides is 1. The van der Waals surface area contributed by atoms with Crippen molar-refractivity contribution in [1.29, 1.82) is 0 Å². The minimum Gasteiger partial charge on any atom is -0.493 e. The Morgan fingerprint density at radius 3 is 2.48 bits per heavy atom. The molecule has 4 N–H and O–H groups in total. The van der Waals surface area contributed by atoms with Gasteiger partial charge in [0.05, 0.1) is 14.2 Å². The Balaban J connectivity index is 1.94. The number of nitrogens with two attached hydrogens (primary N) is 1. The minimum absolute atomic E-state index is 0.0986. The van der Waals surface area contributed by atoms with Gasteiger partial charge in [-0.2, -0.15) is 0 Å². The van der Waals surface area contributed by atoms with Gasteiger partial charge in [-0.05, 0) is 30.3 Å². The smallest absolute Gasteiger partial charge is 0.246 e. The Bertz CT molecular complexity index is 780. The molecule has 25 heavy (non-hydrogen) atoms. The lowest BCUT2D eigenvalue weighted by molar-refractivity contribution is -0.114. The highest BCUT2D eigenvalue weighted by atomic mass is 79.9. The number of anilines is 2. The number of hydrogen-bond donors (Lipinski definition) is 3. The number of hydrogen-bond acceptors (Lipinski definition) is 4. The number of nitrogens with zero attached hydrogens (tertiary/aromatic N) is 1. The Kier molecular flexibility index (Phi) is 6.64. The first kappa shape index (κ1) is 18.6. The van der Waals surface area contributed by atoms with Crippen molar-refractivity contribution >= 4 is 39.2 Å². The van der Waals surface area contributed by atoms with Crippen LogP contribution in [0.5, 0.6) is 11.5 Å². The van der Waals surface area contributed by atoms with Crippen LogP contribution in [-0.4, -0.2) is 32.6 Å². The fourth-order valence-electron chi connectivity index (χ4n) is 2.03. The zero-order valence-corrected chi connectivity index (χ0v) is 15.5. The Morgan fingerprint density at radius 1 is 1.08 bits per heavy atom. The number of carbonyl (C=O) groups excluding carboxylic acids is 1. The van der Waals surface area contributed by atoms with E-state index in [1.807, 2.05) is 12.1 Å². The highest BCUT2D eigenvalue weighted by Crippen LogP contribution is 2.29. The second-order valence-corrected chi connectivity index (χ2v) is 5.87. The third-order valence-corrected chi connectivity index (χ3v) is 3.65. The van der Waals surface area contributed by atoms with Crippen LogP contribution in [0.4, 0.5) is 11.4 Å². The molecule has 8 heteroatoms. The summed E-state index contributed by atoms with van der Waals surface area (Å²) >= 11 is 3.35. The maximum Gasteiger partial charge on any atom is 0.246 e. The molecule has 0 bridgehead atoms. The van der Waals surface area contributed by atoms with Gasteiger partial charge in [-0.25, -0.2) is 4.99 Å². The van der Waals surface area contributed by atoms with Crippen molar-refractivity contribution in [3.05, 3.63) is 46.9 Å². The predicted octanol–water partition coefficient (Wildman–Crippen LogP) is 2.83. The molecule has 0 saturated heterocycles. The van der Waals surface area contributed by atoms with E-state index < -0.39 is 0 Å². The molecule has 0 aromatic heterocycles. The normalized spacial score (nSPS) is 10.9. The van der Waals surface area contributed by atoms with Crippen molar-refractivity contribution < 1.29 is 14.3 Å². The molecule has 0 atom stereocenters. The molecule has 132 valence electrons. The summed E-state index contributed by atoms with van der Waals surface area (Å²) in [5.41, 5.74) is 7.17. The molecule has 0 radical (unpaired) electrons. The molecule has 0 fully saturated rings. The second-order valence-electron chi connectivity index (χ2n) is 4.95. The highest BCUT2D eigenvalue weighted by Gasteiger charge is 2.06. The van der Waals surface area contributed by atoms with Crippen molar-refractivity contribution in [3.8, 4) is 11.5 Å². The number of carbonyl (C=O) groups is 1. The number of halogens is 1. The van der Waals surface area contributed by atoms with E-state index in [1.54, 1.807) is 44.6 Å². The number of guanidine groups is 1. The third-order valence-electron chi connectivity index (χ3n) is 3.16. The van der Waals surface area contributed by atoms with Gasteiger partial charge in [-0.1, -0.05) is 22.0 Å². The van der Waals surface area contributed by atoms with Crippen LogP contribution in [0, 0.1) is 0 Å². The van der Waals surface area contributed by atoms with E-state index in [1.165, 1.54) is 0 Å². The lowest BCUT2D eigenvalue weighted by atomic mass is 10.3. The summed E-state index contributed by atoms with van der Waals surface area (Å²) in [7, 11) is 3.11. The van der Waals surface area contributed by atoms with Crippen molar-refractivity contribution in [2.75, 3.05) is 31.4 Å². The van der Waals surface area contributed by atoms with Crippen LogP contribution in [0.2, 0.25) is 0 Å². The van der Waals surface area contributed by atoms with Crippen molar-refractivity contribution in [2.24, 2.45) is 10.7 Å². The molecule has 7 nitrogen and oxygen atoms in total. The zero-order valence-electron chi connectivity index (χ0n) is 13.9. The van der Waals surface area contributed by atoms with Gasteiger partial charge in [0.2, 0.25) is 5.91 Å². The molecule has 0 aliphatic heterocycles. The number of methoxy groups -OCH3 is 2. The fraction of sp³-hybridized carbons (Fsp3) is 0.176. The predicted molar refractivity (Wildman–Crippen MR) is 102 cm³/mol. The van der Waals surface area contributed by atoms with Gasteiger partial charge < -0.3 is 25.8 Å². The van der Waals surface area contributed by atoms with Crippen LogP contribution in [0.3, 0.4) is 0 Å². The highest BCUT2D eigenvalue weighted by molar-refractivity contribution is 9.10. The average Bonchev–Trinajstić information content (AvgIpc) is 2.60. The van der Waals surface area contributed by atoms with Crippen LogP contribution in [0.25, 0.3) is 0 Å². The first-order valence-electron chi connectivity index (χ1n) is 7.36. The maximum atomic E-state index is 11.9. The van der Waals surface area contributed by atoms with Crippen LogP contribution in [-0.2, 0) is 4.79 Å².